The zero-order valence-corrected chi connectivity index (χ0v) is 10.8. The summed E-state index contributed by atoms with van der Waals surface area (Å²) in [5.74, 6) is 0.840. The van der Waals surface area contributed by atoms with Gasteiger partial charge in [-0.15, -0.1) is 6.58 Å². The maximum absolute atomic E-state index is 5.98. The normalized spacial score (nSPS) is 10.3. The van der Waals surface area contributed by atoms with E-state index in [9.17, 15) is 0 Å². The Morgan fingerprint density at radius 3 is 2.94 bits per heavy atom. The number of anilines is 1. The third-order valence-corrected chi connectivity index (χ3v) is 2.68. The molecule has 5 heteroatoms. The standard InChI is InChI=1S/C12H18ClN3O/c1-3-6-16(7-8-17-2)12-5-4-10(13)11(9-14)15-12/h3-5H,1,6-9,14H2,2H3. The van der Waals surface area contributed by atoms with Gasteiger partial charge in [-0.05, 0) is 12.1 Å². The van der Waals surface area contributed by atoms with Crippen molar-refractivity contribution in [3.8, 4) is 0 Å². The SMILES string of the molecule is C=CCN(CCOC)c1ccc(Cl)c(CN)n1. The Morgan fingerprint density at radius 1 is 1.59 bits per heavy atom. The van der Waals surface area contributed by atoms with Crippen molar-refractivity contribution >= 4 is 17.4 Å². The van der Waals surface area contributed by atoms with Crippen LogP contribution in [0.5, 0.6) is 0 Å². The Balaban J connectivity index is 2.88. The van der Waals surface area contributed by atoms with Gasteiger partial charge in [0, 0.05) is 26.7 Å². The lowest BCUT2D eigenvalue weighted by atomic mass is 10.3. The molecule has 1 aromatic heterocycles. The molecule has 0 unspecified atom stereocenters. The summed E-state index contributed by atoms with van der Waals surface area (Å²) in [6, 6.07) is 3.69. The minimum atomic E-state index is 0.332. The Bertz CT molecular complexity index is 371. The van der Waals surface area contributed by atoms with Crippen LogP contribution in [0.3, 0.4) is 0 Å². The number of nitrogens with two attached hydrogens (primary N) is 1. The number of hydrogen-bond donors (Lipinski definition) is 1. The minimum absolute atomic E-state index is 0.332. The first kappa shape index (κ1) is 14.0. The molecule has 0 aliphatic carbocycles. The maximum Gasteiger partial charge on any atom is 0.129 e. The van der Waals surface area contributed by atoms with Crippen LogP contribution >= 0.6 is 11.6 Å². The van der Waals surface area contributed by atoms with Gasteiger partial charge in [-0.25, -0.2) is 4.98 Å². The molecule has 0 saturated heterocycles. The molecule has 1 rings (SSSR count). The maximum atomic E-state index is 5.98. The van der Waals surface area contributed by atoms with Gasteiger partial charge in [0.2, 0.25) is 0 Å². The second-order valence-corrected chi connectivity index (χ2v) is 3.94. The Kier molecular flexibility index (Phi) is 5.97. The molecule has 2 N–H and O–H groups in total. The van der Waals surface area contributed by atoms with E-state index < -0.39 is 0 Å². The molecule has 0 fully saturated rings. The number of aromatic nitrogens is 1. The van der Waals surface area contributed by atoms with Crippen LogP contribution in [0.25, 0.3) is 0 Å². The molecule has 1 heterocycles. The molecule has 4 nitrogen and oxygen atoms in total. The lowest BCUT2D eigenvalue weighted by Crippen LogP contribution is -2.28. The first-order valence-electron chi connectivity index (χ1n) is 5.43. The van der Waals surface area contributed by atoms with Crippen LogP contribution in [-0.4, -0.2) is 31.8 Å². The smallest absolute Gasteiger partial charge is 0.129 e. The van der Waals surface area contributed by atoms with Gasteiger partial charge in [-0.3, -0.25) is 0 Å². The van der Waals surface area contributed by atoms with Crippen molar-refractivity contribution in [2.75, 3.05) is 31.7 Å². The summed E-state index contributed by atoms with van der Waals surface area (Å²) in [4.78, 5) is 6.49. The van der Waals surface area contributed by atoms with Crippen LogP contribution in [0, 0.1) is 0 Å². The second kappa shape index (κ2) is 7.27. The molecular weight excluding hydrogens is 238 g/mol. The van der Waals surface area contributed by atoms with Crippen LogP contribution in [0.1, 0.15) is 5.69 Å². The van der Waals surface area contributed by atoms with Gasteiger partial charge in [-0.2, -0.15) is 0 Å². The van der Waals surface area contributed by atoms with Crippen LogP contribution in [0.2, 0.25) is 5.02 Å². The largest absolute Gasteiger partial charge is 0.383 e. The Morgan fingerprint density at radius 2 is 2.35 bits per heavy atom. The van der Waals surface area contributed by atoms with Crippen molar-refractivity contribution in [1.29, 1.82) is 0 Å². The lowest BCUT2D eigenvalue weighted by Gasteiger charge is -2.22. The van der Waals surface area contributed by atoms with Crippen LogP contribution in [0.4, 0.5) is 5.82 Å². The fraction of sp³-hybridized carbons (Fsp3) is 0.417. The van der Waals surface area contributed by atoms with Gasteiger partial charge in [0.05, 0.1) is 17.3 Å². The Hall–Kier alpha value is -1.10. The van der Waals surface area contributed by atoms with E-state index in [1.165, 1.54) is 0 Å². The molecule has 0 amide bonds. The van der Waals surface area contributed by atoms with Gasteiger partial charge in [-0.1, -0.05) is 17.7 Å². The third-order valence-electron chi connectivity index (χ3n) is 2.34. The number of pyridine rings is 1. The van der Waals surface area contributed by atoms with Crippen molar-refractivity contribution in [1.82, 2.24) is 4.98 Å². The van der Waals surface area contributed by atoms with Crippen LogP contribution in [0.15, 0.2) is 24.8 Å². The van der Waals surface area contributed by atoms with Crippen molar-refractivity contribution in [2.45, 2.75) is 6.54 Å². The molecule has 0 radical (unpaired) electrons. The van der Waals surface area contributed by atoms with Gasteiger partial charge in [0.25, 0.3) is 0 Å². The summed E-state index contributed by atoms with van der Waals surface area (Å²) in [5.41, 5.74) is 6.29. The van der Waals surface area contributed by atoms with E-state index in [0.717, 1.165) is 12.4 Å². The van der Waals surface area contributed by atoms with Crippen LogP contribution in [-0.2, 0) is 11.3 Å². The molecule has 0 atom stereocenters. The van der Waals surface area contributed by atoms with E-state index >= 15 is 0 Å². The predicted molar refractivity (Wildman–Crippen MR) is 71.4 cm³/mol. The summed E-state index contributed by atoms with van der Waals surface area (Å²) < 4.78 is 5.07. The molecule has 17 heavy (non-hydrogen) atoms. The number of nitrogens with zero attached hydrogens (tertiary/aromatic N) is 2. The molecule has 94 valence electrons. The summed E-state index contributed by atoms with van der Waals surface area (Å²) in [5, 5.41) is 0.599. The quantitative estimate of drug-likeness (QED) is 0.756. The van der Waals surface area contributed by atoms with E-state index in [1.54, 1.807) is 7.11 Å². The first-order chi connectivity index (χ1) is 8.22. The molecule has 0 spiro atoms. The molecule has 0 aliphatic rings. The number of hydrogen-bond acceptors (Lipinski definition) is 4. The molecule has 0 saturated carbocycles. The number of methoxy groups -OCH3 is 1. The fourth-order valence-electron chi connectivity index (χ4n) is 1.45. The van der Waals surface area contributed by atoms with Crippen molar-refractivity contribution < 1.29 is 4.74 Å². The highest BCUT2D eigenvalue weighted by Gasteiger charge is 2.08. The van der Waals surface area contributed by atoms with Gasteiger partial charge in [0.15, 0.2) is 0 Å². The molecule has 1 aromatic rings. The summed E-state index contributed by atoms with van der Waals surface area (Å²) in [7, 11) is 1.67. The zero-order chi connectivity index (χ0) is 12.7. The van der Waals surface area contributed by atoms with Crippen LogP contribution < -0.4 is 10.6 Å². The third kappa shape index (κ3) is 4.00. The van der Waals surface area contributed by atoms with Gasteiger partial charge >= 0.3 is 0 Å². The predicted octanol–water partition coefficient (Wildman–Crippen LogP) is 1.83. The average Bonchev–Trinajstić information content (AvgIpc) is 2.35. The average molecular weight is 256 g/mol. The summed E-state index contributed by atoms with van der Waals surface area (Å²) >= 11 is 5.98. The van der Waals surface area contributed by atoms with Gasteiger partial charge in [0.1, 0.15) is 5.82 Å². The molecule has 0 bridgehead atoms. The fourth-order valence-corrected chi connectivity index (χ4v) is 1.63. The number of ether oxygens (including phenoxy) is 1. The summed E-state index contributed by atoms with van der Waals surface area (Å²) in [6.07, 6.45) is 1.83. The van der Waals surface area contributed by atoms with E-state index in [2.05, 4.69) is 16.5 Å². The lowest BCUT2D eigenvalue weighted by molar-refractivity contribution is 0.205. The van der Waals surface area contributed by atoms with Gasteiger partial charge < -0.3 is 15.4 Å². The van der Waals surface area contributed by atoms with Crippen molar-refractivity contribution in [3.63, 3.8) is 0 Å². The monoisotopic (exact) mass is 255 g/mol. The highest BCUT2D eigenvalue weighted by molar-refractivity contribution is 6.31. The number of halogens is 1. The second-order valence-electron chi connectivity index (χ2n) is 3.53. The summed E-state index contributed by atoms with van der Waals surface area (Å²) in [6.45, 7) is 6.16. The van der Waals surface area contributed by atoms with Crippen molar-refractivity contribution in [3.05, 3.63) is 35.5 Å². The first-order valence-corrected chi connectivity index (χ1v) is 5.81. The van der Waals surface area contributed by atoms with E-state index in [4.69, 9.17) is 22.1 Å². The van der Waals surface area contributed by atoms with E-state index in [0.29, 0.717) is 30.4 Å². The Labute approximate surface area is 107 Å². The minimum Gasteiger partial charge on any atom is -0.383 e. The molecule has 0 aliphatic heterocycles. The van der Waals surface area contributed by atoms with Crippen molar-refractivity contribution in [2.24, 2.45) is 5.73 Å². The molecular formula is C12H18ClN3O. The zero-order valence-electron chi connectivity index (χ0n) is 10.0. The topological polar surface area (TPSA) is 51.4 Å². The molecule has 0 aromatic carbocycles. The highest BCUT2D eigenvalue weighted by Crippen LogP contribution is 2.18. The van der Waals surface area contributed by atoms with E-state index in [-0.39, 0.29) is 0 Å². The van der Waals surface area contributed by atoms with E-state index in [1.807, 2.05) is 18.2 Å². The number of rotatable bonds is 7. The highest BCUT2D eigenvalue weighted by atomic mass is 35.5.